The lowest BCUT2D eigenvalue weighted by Gasteiger charge is -2.12. The highest BCUT2D eigenvalue weighted by molar-refractivity contribution is 14.1. The molecule has 4 aromatic rings. The van der Waals surface area contributed by atoms with E-state index < -0.39 is 0 Å². The highest BCUT2D eigenvalue weighted by Gasteiger charge is 2.16. The summed E-state index contributed by atoms with van der Waals surface area (Å²) >= 11 is 8.50. The minimum atomic E-state index is 0.772. The Labute approximate surface area is 160 Å². The van der Waals surface area contributed by atoms with Crippen LogP contribution in [0, 0.1) is 3.57 Å². The molecule has 0 aliphatic rings. The number of rotatable bonds is 3. The molecule has 118 valence electrons. The summed E-state index contributed by atoms with van der Waals surface area (Å²) in [6, 6.07) is 27.3. The molecule has 0 atom stereocenters. The van der Waals surface area contributed by atoms with Gasteiger partial charge in [0.2, 0.25) is 0 Å². The smallest absolute Gasteiger partial charge is 0.0630 e. The molecule has 0 aliphatic carbocycles. The van der Waals surface area contributed by atoms with Crippen LogP contribution in [0.3, 0.4) is 0 Å². The third kappa shape index (κ3) is 2.85. The van der Waals surface area contributed by atoms with Gasteiger partial charge in [0.25, 0.3) is 0 Å². The number of fused-ring (bicyclic) bond motifs is 1. The lowest BCUT2D eigenvalue weighted by atomic mass is 10.1. The van der Waals surface area contributed by atoms with Crippen LogP contribution in [0.15, 0.2) is 78.9 Å². The van der Waals surface area contributed by atoms with E-state index in [0.29, 0.717) is 0 Å². The lowest BCUT2D eigenvalue weighted by molar-refractivity contribution is 0.843. The summed E-state index contributed by atoms with van der Waals surface area (Å²) in [6.45, 7) is 0.824. The van der Waals surface area contributed by atoms with Gasteiger partial charge < -0.3 is 4.57 Å². The number of hydrogen-bond donors (Lipinski definition) is 0. The Morgan fingerprint density at radius 2 is 1.46 bits per heavy atom. The van der Waals surface area contributed by atoms with Crippen LogP contribution >= 0.6 is 34.2 Å². The van der Waals surface area contributed by atoms with Gasteiger partial charge in [-0.05, 0) is 51.9 Å². The van der Waals surface area contributed by atoms with Crippen LogP contribution in [0.25, 0.3) is 22.2 Å². The van der Waals surface area contributed by atoms with Crippen LogP contribution in [0.1, 0.15) is 5.56 Å². The molecule has 0 amide bonds. The van der Waals surface area contributed by atoms with Gasteiger partial charge in [-0.25, -0.2) is 0 Å². The molecule has 1 heterocycles. The van der Waals surface area contributed by atoms with Gasteiger partial charge in [-0.2, -0.15) is 0 Å². The fraction of sp³-hybridized carbons (Fsp3) is 0.0476. The molecule has 0 saturated carbocycles. The van der Waals surface area contributed by atoms with E-state index >= 15 is 0 Å². The molecule has 1 aromatic heterocycles. The first-order valence-corrected chi connectivity index (χ1v) is 9.26. The molecule has 0 N–H and O–H groups in total. The highest BCUT2D eigenvalue weighted by Crippen LogP contribution is 2.35. The van der Waals surface area contributed by atoms with Gasteiger partial charge in [0.05, 0.1) is 5.69 Å². The number of aromatic nitrogens is 1. The van der Waals surface area contributed by atoms with Gasteiger partial charge in [0.1, 0.15) is 0 Å². The quantitative estimate of drug-likeness (QED) is 0.314. The van der Waals surface area contributed by atoms with Crippen molar-refractivity contribution in [2.75, 3.05) is 0 Å². The van der Waals surface area contributed by atoms with Gasteiger partial charge in [0.15, 0.2) is 0 Å². The molecule has 4 rings (SSSR count). The van der Waals surface area contributed by atoms with Gasteiger partial charge in [0, 0.05) is 26.0 Å². The SMILES string of the molecule is Clc1ccc(Cn2c(-c3ccccc3)c(I)c3ccccc32)cc1. The van der Waals surface area contributed by atoms with Gasteiger partial charge in [-0.1, -0.05) is 72.3 Å². The first kappa shape index (κ1) is 15.7. The molecule has 3 aromatic carbocycles. The van der Waals surface area contributed by atoms with Crippen molar-refractivity contribution in [2.24, 2.45) is 0 Å². The topological polar surface area (TPSA) is 4.93 Å². The summed E-state index contributed by atoms with van der Waals surface area (Å²) in [4.78, 5) is 0. The summed E-state index contributed by atoms with van der Waals surface area (Å²) in [5.74, 6) is 0. The standard InChI is InChI=1S/C21H15ClIN/c22-17-12-10-15(11-13-17)14-24-19-9-5-4-8-18(19)20(23)21(24)16-6-2-1-3-7-16/h1-13H,14H2. The second kappa shape index (κ2) is 6.61. The largest absolute Gasteiger partial charge is 0.335 e. The van der Waals surface area contributed by atoms with Crippen LogP contribution in [-0.2, 0) is 6.54 Å². The van der Waals surface area contributed by atoms with Gasteiger partial charge in [-0.3, -0.25) is 0 Å². The molecule has 0 aliphatic heterocycles. The van der Waals surface area contributed by atoms with Crippen molar-refractivity contribution in [3.8, 4) is 11.3 Å². The Hall–Kier alpha value is -1.78. The van der Waals surface area contributed by atoms with Crippen molar-refractivity contribution >= 4 is 45.1 Å². The van der Waals surface area contributed by atoms with Crippen molar-refractivity contribution in [2.45, 2.75) is 6.54 Å². The fourth-order valence-electron chi connectivity index (χ4n) is 3.08. The van der Waals surface area contributed by atoms with Gasteiger partial charge in [-0.15, -0.1) is 0 Å². The second-order valence-corrected chi connectivity index (χ2v) is 7.27. The van der Waals surface area contributed by atoms with E-state index in [2.05, 4.69) is 93.9 Å². The minimum Gasteiger partial charge on any atom is -0.335 e. The van der Waals surface area contributed by atoms with E-state index in [9.17, 15) is 0 Å². The van der Waals surface area contributed by atoms with Crippen molar-refractivity contribution in [1.82, 2.24) is 4.57 Å². The van der Waals surface area contributed by atoms with Crippen LogP contribution in [-0.4, -0.2) is 4.57 Å². The second-order valence-electron chi connectivity index (χ2n) is 5.76. The van der Waals surface area contributed by atoms with E-state index in [-0.39, 0.29) is 0 Å². The first-order chi connectivity index (χ1) is 11.7. The molecular weight excluding hydrogens is 429 g/mol. The number of para-hydroxylation sites is 1. The Morgan fingerprint density at radius 3 is 2.21 bits per heavy atom. The van der Waals surface area contributed by atoms with Crippen molar-refractivity contribution in [1.29, 1.82) is 0 Å². The molecule has 24 heavy (non-hydrogen) atoms. The maximum atomic E-state index is 6.03. The zero-order chi connectivity index (χ0) is 16.5. The average Bonchev–Trinajstić information content (AvgIpc) is 2.90. The Bertz CT molecular complexity index is 988. The number of nitrogens with zero attached hydrogens (tertiary/aromatic N) is 1. The zero-order valence-electron chi connectivity index (χ0n) is 12.9. The molecule has 0 unspecified atom stereocenters. The molecule has 0 spiro atoms. The van der Waals surface area contributed by atoms with Crippen LogP contribution in [0.2, 0.25) is 5.02 Å². The lowest BCUT2D eigenvalue weighted by Crippen LogP contribution is -2.02. The fourth-order valence-corrected chi connectivity index (χ4v) is 4.26. The van der Waals surface area contributed by atoms with Crippen LogP contribution in [0.5, 0.6) is 0 Å². The summed E-state index contributed by atoms with van der Waals surface area (Å²) in [5.41, 5.74) is 5.02. The van der Waals surface area contributed by atoms with E-state index in [1.807, 2.05) is 12.1 Å². The number of halogens is 2. The highest BCUT2D eigenvalue weighted by atomic mass is 127. The Balaban J connectivity index is 1.93. The van der Waals surface area contributed by atoms with E-state index in [1.54, 1.807) is 0 Å². The van der Waals surface area contributed by atoms with Crippen molar-refractivity contribution < 1.29 is 0 Å². The summed E-state index contributed by atoms with van der Waals surface area (Å²) in [5, 5.41) is 2.07. The maximum absolute atomic E-state index is 6.03. The summed E-state index contributed by atoms with van der Waals surface area (Å²) in [7, 11) is 0. The van der Waals surface area contributed by atoms with Crippen molar-refractivity contribution in [3.05, 3.63) is 93.0 Å². The average molecular weight is 444 g/mol. The third-order valence-electron chi connectivity index (χ3n) is 4.21. The molecule has 0 fully saturated rings. The third-order valence-corrected chi connectivity index (χ3v) is 5.55. The predicted molar refractivity (Wildman–Crippen MR) is 111 cm³/mol. The minimum absolute atomic E-state index is 0.772. The Kier molecular flexibility index (Phi) is 4.33. The molecular formula is C21H15ClIN. The normalized spacial score (nSPS) is 11.1. The van der Waals surface area contributed by atoms with E-state index in [4.69, 9.17) is 11.6 Å². The predicted octanol–water partition coefficient (Wildman–Crippen LogP) is 6.61. The van der Waals surface area contributed by atoms with Crippen molar-refractivity contribution in [3.63, 3.8) is 0 Å². The molecule has 3 heteroatoms. The van der Waals surface area contributed by atoms with Crippen LogP contribution < -0.4 is 0 Å². The first-order valence-electron chi connectivity index (χ1n) is 7.80. The molecule has 1 nitrogen and oxygen atoms in total. The van der Waals surface area contributed by atoms with Gasteiger partial charge >= 0.3 is 0 Å². The summed E-state index contributed by atoms with van der Waals surface area (Å²) in [6.07, 6.45) is 0. The monoisotopic (exact) mass is 443 g/mol. The molecule has 0 saturated heterocycles. The molecule has 0 bridgehead atoms. The van der Waals surface area contributed by atoms with E-state index in [0.717, 1.165) is 11.6 Å². The summed E-state index contributed by atoms with van der Waals surface area (Å²) < 4.78 is 3.69. The zero-order valence-corrected chi connectivity index (χ0v) is 15.8. The Morgan fingerprint density at radius 1 is 0.792 bits per heavy atom. The van der Waals surface area contributed by atoms with E-state index in [1.165, 1.54) is 31.3 Å². The molecule has 0 radical (unpaired) electrons. The maximum Gasteiger partial charge on any atom is 0.0630 e. The van der Waals surface area contributed by atoms with Crippen LogP contribution in [0.4, 0.5) is 0 Å². The number of hydrogen-bond acceptors (Lipinski definition) is 0. The number of benzene rings is 3.